The predicted octanol–water partition coefficient (Wildman–Crippen LogP) is 2.62. The lowest BCUT2D eigenvalue weighted by atomic mass is 10.5. The van der Waals surface area contributed by atoms with Gasteiger partial charge >= 0.3 is 0 Å². The Morgan fingerprint density at radius 1 is 1.56 bits per heavy atom. The number of rotatable bonds is 5. The monoisotopic (exact) mass is 301 g/mol. The van der Waals surface area contributed by atoms with Crippen LogP contribution in [0.2, 0.25) is 0 Å². The number of fused-ring (bicyclic) bond motifs is 1. The molecule has 0 spiro atoms. The van der Waals surface area contributed by atoms with E-state index in [4.69, 9.17) is 4.74 Å². The molecule has 86 valence electrons. The van der Waals surface area contributed by atoms with Crippen molar-refractivity contribution < 1.29 is 4.74 Å². The third kappa shape index (κ3) is 2.75. The molecule has 0 fully saturated rings. The molecular weight excluding hydrogens is 290 g/mol. The minimum atomic E-state index is 0.783. The van der Waals surface area contributed by atoms with Crippen LogP contribution in [-0.2, 0) is 4.74 Å². The van der Waals surface area contributed by atoms with Crippen LogP contribution in [0.5, 0.6) is 0 Å². The van der Waals surface area contributed by atoms with E-state index >= 15 is 0 Å². The highest BCUT2D eigenvalue weighted by Crippen LogP contribution is 2.23. The van der Waals surface area contributed by atoms with E-state index in [0.717, 1.165) is 34.1 Å². The Bertz CT molecular complexity index is 474. The van der Waals surface area contributed by atoms with Crippen molar-refractivity contribution in [1.82, 2.24) is 14.4 Å². The molecule has 0 aliphatic rings. The lowest BCUT2D eigenvalue weighted by Gasteiger charge is -2.03. The van der Waals surface area contributed by atoms with E-state index in [0.29, 0.717) is 0 Å². The molecule has 0 amide bonds. The first-order valence-corrected chi connectivity index (χ1v) is 6.70. The van der Waals surface area contributed by atoms with Crippen LogP contribution in [0.15, 0.2) is 28.2 Å². The lowest BCUT2D eigenvalue weighted by Crippen LogP contribution is -1.94. The molecule has 0 bridgehead atoms. The highest BCUT2D eigenvalue weighted by molar-refractivity contribution is 9.10. The molecular formula is C10H12BrN3OS. The van der Waals surface area contributed by atoms with Crippen LogP contribution in [0.3, 0.4) is 0 Å². The quantitative estimate of drug-likeness (QED) is 0.629. The zero-order valence-corrected chi connectivity index (χ0v) is 11.3. The highest BCUT2D eigenvalue weighted by atomic mass is 79.9. The van der Waals surface area contributed by atoms with Gasteiger partial charge in [0.05, 0.1) is 0 Å². The third-order valence-electron chi connectivity index (χ3n) is 2.05. The minimum Gasteiger partial charge on any atom is -0.385 e. The van der Waals surface area contributed by atoms with E-state index in [1.54, 1.807) is 25.1 Å². The van der Waals surface area contributed by atoms with Crippen molar-refractivity contribution in [2.24, 2.45) is 0 Å². The van der Waals surface area contributed by atoms with Crippen LogP contribution in [-0.4, -0.2) is 33.8 Å². The molecule has 0 N–H and O–H groups in total. The first kappa shape index (κ1) is 11.9. The summed E-state index contributed by atoms with van der Waals surface area (Å²) in [5, 5.41) is 0.954. The van der Waals surface area contributed by atoms with Crippen molar-refractivity contribution in [3.63, 3.8) is 0 Å². The van der Waals surface area contributed by atoms with Crippen LogP contribution >= 0.6 is 27.7 Å². The average Bonchev–Trinajstić information content (AvgIpc) is 2.72. The van der Waals surface area contributed by atoms with Gasteiger partial charge in [-0.25, -0.2) is 9.97 Å². The standard InChI is InChI=1S/C10H12BrN3OS/c1-15-5-2-6-16-10-9-12-3-4-14(9)7-8(11)13-10/h3-4,7H,2,5-6H2,1H3. The van der Waals surface area contributed by atoms with Gasteiger partial charge in [-0.15, -0.1) is 11.8 Å². The Morgan fingerprint density at radius 3 is 3.25 bits per heavy atom. The maximum Gasteiger partial charge on any atom is 0.169 e. The second-order valence-electron chi connectivity index (χ2n) is 3.22. The van der Waals surface area contributed by atoms with E-state index in [-0.39, 0.29) is 0 Å². The van der Waals surface area contributed by atoms with Gasteiger partial charge in [0.2, 0.25) is 0 Å². The van der Waals surface area contributed by atoms with E-state index < -0.39 is 0 Å². The first-order chi connectivity index (χ1) is 7.81. The van der Waals surface area contributed by atoms with Gasteiger partial charge < -0.3 is 9.14 Å². The van der Waals surface area contributed by atoms with Crippen molar-refractivity contribution in [2.75, 3.05) is 19.5 Å². The summed E-state index contributed by atoms with van der Waals surface area (Å²) in [5.74, 6) is 0.986. The zero-order chi connectivity index (χ0) is 11.4. The van der Waals surface area contributed by atoms with Crippen molar-refractivity contribution in [1.29, 1.82) is 0 Å². The van der Waals surface area contributed by atoms with Crippen LogP contribution in [0.1, 0.15) is 6.42 Å². The second-order valence-corrected chi connectivity index (χ2v) is 5.12. The molecule has 0 saturated carbocycles. The van der Waals surface area contributed by atoms with Crippen molar-refractivity contribution in [3.8, 4) is 0 Å². The molecule has 2 heterocycles. The molecule has 2 aromatic rings. The van der Waals surface area contributed by atoms with E-state index in [9.17, 15) is 0 Å². The Balaban J connectivity index is 2.12. The van der Waals surface area contributed by atoms with E-state index in [2.05, 4.69) is 25.9 Å². The van der Waals surface area contributed by atoms with Gasteiger partial charge in [-0.05, 0) is 22.4 Å². The fourth-order valence-electron chi connectivity index (χ4n) is 1.34. The average molecular weight is 302 g/mol. The largest absolute Gasteiger partial charge is 0.385 e. The number of hydrogen-bond acceptors (Lipinski definition) is 4. The lowest BCUT2D eigenvalue weighted by molar-refractivity contribution is 0.200. The number of methoxy groups -OCH3 is 1. The molecule has 2 aromatic heterocycles. The fraction of sp³-hybridized carbons (Fsp3) is 0.400. The summed E-state index contributed by atoms with van der Waals surface area (Å²) in [6.45, 7) is 0.783. The molecule has 16 heavy (non-hydrogen) atoms. The molecule has 4 nitrogen and oxygen atoms in total. The topological polar surface area (TPSA) is 39.4 Å². The fourth-order valence-corrected chi connectivity index (χ4v) is 2.76. The summed E-state index contributed by atoms with van der Waals surface area (Å²) >= 11 is 5.10. The molecule has 0 saturated heterocycles. The minimum absolute atomic E-state index is 0.783. The molecule has 2 rings (SSSR count). The summed E-state index contributed by atoms with van der Waals surface area (Å²) in [7, 11) is 1.72. The van der Waals surface area contributed by atoms with Gasteiger partial charge in [-0.1, -0.05) is 0 Å². The smallest absolute Gasteiger partial charge is 0.169 e. The van der Waals surface area contributed by atoms with Gasteiger partial charge in [-0.2, -0.15) is 0 Å². The number of halogens is 1. The Labute approximate surface area is 107 Å². The first-order valence-electron chi connectivity index (χ1n) is 4.92. The van der Waals surface area contributed by atoms with Crippen molar-refractivity contribution in [3.05, 3.63) is 23.2 Å². The Kier molecular flexibility index (Phi) is 4.20. The summed E-state index contributed by atoms with van der Waals surface area (Å²) in [4.78, 5) is 8.71. The molecule has 0 radical (unpaired) electrons. The summed E-state index contributed by atoms with van der Waals surface area (Å²) in [6, 6.07) is 0. The second kappa shape index (κ2) is 5.65. The molecule has 0 unspecified atom stereocenters. The predicted molar refractivity (Wildman–Crippen MR) is 67.9 cm³/mol. The van der Waals surface area contributed by atoms with Crippen LogP contribution in [0.4, 0.5) is 0 Å². The number of thioether (sulfide) groups is 1. The van der Waals surface area contributed by atoms with Crippen LogP contribution in [0.25, 0.3) is 5.65 Å². The SMILES string of the molecule is COCCCSc1nc(Br)cn2ccnc12. The van der Waals surface area contributed by atoms with Gasteiger partial charge in [0.15, 0.2) is 5.65 Å². The summed E-state index contributed by atoms with van der Waals surface area (Å²) < 4.78 is 7.81. The number of aromatic nitrogens is 3. The molecule has 0 aliphatic heterocycles. The Hall–Kier alpha value is -0.590. The normalized spacial score (nSPS) is 11.1. The maximum atomic E-state index is 5.01. The van der Waals surface area contributed by atoms with E-state index in [1.165, 1.54) is 0 Å². The highest BCUT2D eigenvalue weighted by Gasteiger charge is 2.06. The van der Waals surface area contributed by atoms with Gasteiger partial charge in [-0.3, -0.25) is 0 Å². The van der Waals surface area contributed by atoms with Gasteiger partial charge in [0.1, 0.15) is 9.63 Å². The molecule has 0 atom stereocenters. The van der Waals surface area contributed by atoms with Gasteiger partial charge in [0.25, 0.3) is 0 Å². The number of nitrogens with zero attached hydrogens (tertiary/aromatic N) is 3. The zero-order valence-electron chi connectivity index (χ0n) is 8.89. The molecule has 0 aromatic carbocycles. The van der Waals surface area contributed by atoms with Crippen LogP contribution in [0, 0.1) is 0 Å². The van der Waals surface area contributed by atoms with Crippen molar-refractivity contribution in [2.45, 2.75) is 11.4 Å². The van der Waals surface area contributed by atoms with Crippen LogP contribution < -0.4 is 0 Å². The maximum absolute atomic E-state index is 5.01. The number of ether oxygens (including phenoxy) is 1. The summed E-state index contributed by atoms with van der Waals surface area (Å²) in [5.41, 5.74) is 0.908. The summed E-state index contributed by atoms with van der Waals surface area (Å²) in [6.07, 6.45) is 6.62. The van der Waals surface area contributed by atoms with Gasteiger partial charge in [0, 0.05) is 38.1 Å². The van der Waals surface area contributed by atoms with E-state index in [1.807, 2.05) is 16.8 Å². The number of hydrogen-bond donors (Lipinski definition) is 0. The third-order valence-corrected chi connectivity index (χ3v) is 3.47. The molecule has 0 aliphatic carbocycles. The molecule has 6 heteroatoms. The Morgan fingerprint density at radius 2 is 2.44 bits per heavy atom. The number of imidazole rings is 1. The van der Waals surface area contributed by atoms with Crippen molar-refractivity contribution >= 4 is 33.3 Å².